The Morgan fingerprint density at radius 2 is 2.19 bits per heavy atom. The third-order valence-electron chi connectivity index (χ3n) is 4.46. The quantitative estimate of drug-likeness (QED) is 0.850. The third-order valence-corrected chi connectivity index (χ3v) is 4.46. The van der Waals surface area contributed by atoms with Gasteiger partial charge < -0.3 is 20.1 Å². The predicted octanol–water partition coefficient (Wildman–Crippen LogP) is 1.99. The van der Waals surface area contributed by atoms with E-state index in [-0.39, 0.29) is 30.0 Å². The highest BCUT2D eigenvalue weighted by Crippen LogP contribution is 2.42. The van der Waals surface area contributed by atoms with Gasteiger partial charge in [-0.05, 0) is 23.8 Å². The average Bonchev–Trinajstić information content (AvgIpc) is 2.96. The fourth-order valence-electron chi connectivity index (χ4n) is 3.25. The molecule has 2 aliphatic rings. The highest BCUT2D eigenvalue weighted by atomic mass is 19.3. The molecule has 0 radical (unpaired) electrons. The summed E-state index contributed by atoms with van der Waals surface area (Å²) in [5.41, 5.74) is 1.40. The summed E-state index contributed by atoms with van der Waals surface area (Å²) in [5, 5.41) is 6.04. The lowest BCUT2D eigenvalue weighted by Crippen LogP contribution is -2.48. The molecule has 7 nitrogen and oxygen atoms in total. The van der Waals surface area contributed by atoms with Crippen LogP contribution in [-0.2, 0) is 4.79 Å². The van der Waals surface area contributed by atoms with E-state index in [4.69, 9.17) is 0 Å². The van der Waals surface area contributed by atoms with Crippen molar-refractivity contribution in [2.24, 2.45) is 0 Å². The number of rotatable bonds is 4. The maximum absolute atomic E-state index is 13.1. The summed E-state index contributed by atoms with van der Waals surface area (Å²) in [6, 6.07) is 8.05. The summed E-state index contributed by atoms with van der Waals surface area (Å²) in [5.74, 6) is -0.402. The average molecular weight is 376 g/mol. The van der Waals surface area contributed by atoms with Crippen LogP contribution in [0.3, 0.4) is 0 Å². The topological polar surface area (TPSA) is 75.7 Å². The lowest BCUT2D eigenvalue weighted by Gasteiger charge is -2.35. The van der Waals surface area contributed by atoms with Crippen LogP contribution in [0.2, 0.25) is 0 Å². The molecule has 2 N–H and O–H groups in total. The zero-order chi connectivity index (χ0) is 18.9. The molecule has 1 aromatic heterocycles. The van der Waals surface area contributed by atoms with Crippen molar-refractivity contribution >= 4 is 11.6 Å². The number of carbonyl (C=O) groups is 1. The normalized spacial score (nSPS) is 21.0. The minimum atomic E-state index is -3.68. The lowest BCUT2D eigenvalue weighted by molar-refractivity contribution is -0.286. The van der Waals surface area contributed by atoms with Crippen molar-refractivity contribution in [1.82, 2.24) is 15.2 Å². The van der Waals surface area contributed by atoms with Gasteiger partial charge in [-0.1, -0.05) is 6.07 Å². The van der Waals surface area contributed by atoms with Crippen LogP contribution in [-0.4, -0.2) is 48.3 Å². The maximum atomic E-state index is 13.1. The van der Waals surface area contributed by atoms with E-state index in [1.165, 1.54) is 18.2 Å². The van der Waals surface area contributed by atoms with Crippen LogP contribution >= 0.6 is 0 Å². The number of carbonyl (C=O) groups excluding carboxylic acids is 1. The first-order valence-electron chi connectivity index (χ1n) is 8.55. The number of nitrogens with zero attached hydrogens (tertiary/aromatic N) is 2. The van der Waals surface area contributed by atoms with Gasteiger partial charge in [0, 0.05) is 49.8 Å². The number of hydrogen-bond donors (Lipinski definition) is 2. The van der Waals surface area contributed by atoms with Gasteiger partial charge in [-0.3, -0.25) is 14.7 Å². The Kier molecular flexibility index (Phi) is 4.63. The van der Waals surface area contributed by atoms with E-state index in [1.807, 2.05) is 12.1 Å². The summed E-state index contributed by atoms with van der Waals surface area (Å²) in [6.45, 7) is 2.38. The first-order valence-corrected chi connectivity index (χ1v) is 8.55. The van der Waals surface area contributed by atoms with E-state index in [1.54, 1.807) is 12.4 Å². The largest absolute Gasteiger partial charge is 0.586 e. The minimum Gasteiger partial charge on any atom is -0.395 e. The van der Waals surface area contributed by atoms with Crippen LogP contribution in [0, 0.1) is 0 Å². The van der Waals surface area contributed by atoms with Crippen molar-refractivity contribution in [3.63, 3.8) is 0 Å². The van der Waals surface area contributed by atoms with Crippen molar-refractivity contribution in [2.75, 3.05) is 31.5 Å². The molecule has 3 heterocycles. The molecular weight excluding hydrogens is 358 g/mol. The van der Waals surface area contributed by atoms with Crippen LogP contribution in [0.25, 0.3) is 0 Å². The highest BCUT2D eigenvalue weighted by molar-refractivity contribution is 5.92. The van der Waals surface area contributed by atoms with Gasteiger partial charge in [-0.2, -0.15) is 0 Å². The number of fused-ring (bicyclic) bond motifs is 1. The molecular formula is C18H18F2N4O3. The van der Waals surface area contributed by atoms with E-state index < -0.39 is 6.29 Å². The van der Waals surface area contributed by atoms with Crippen LogP contribution < -0.4 is 20.1 Å². The number of pyridine rings is 1. The van der Waals surface area contributed by atoms with Crippen LogP contribution in [0.15, 0.2) is 42.7 Å². The monoisotopic (exact) mass is 376 g/mol. The summed E-state index contributed by atoms with van der Waals surface area (Å²) < 4.78 is 34.9. The Labute approximate surface area is 154 Å². The number of nitrogens with one attached hydrogen (secondary N) is 2. The van der Waals surface area contributed by atoms with E-state index >= 15 is 0 Å². The Morgan fingerprint density at radius 3 is 3.00 bits per heavy atom. The number of aromatic nitrogens is 1. The molecule has 2 aromatic rings. The highest BCUT2D eigenvalue weighted by Gasteiger charge is 2.43. The Balaban J connectivity index is 1.42. The fraction of sp³-hybridized carbons (Fsp3) is 0.333. The van der Waals surface area contributed by atoms with Crippen LogP contribution in [0.4, 0.5) is 14.5 Å². The zero-order valence-electron chi connectivity index (χ0n) is 14.3. The van der Waals surface area contributed by atoms with Crippen LogP contribution in [0.1, 0.15) is 11.6 Å². The lowest BCUT2D eigenvalue weighted by atomic mass is 10.1. The second-order valence-electron chi connectivity index (χ2n) is 6.35. The van der Waals surface area contributed by atoms with Crippen molar-refractivity contribution in [2.45, 2.75) is 12.3 Å². The van der Waals surface area contributed by atoms with E-state index in [2.05, 4.69) is 30.0 Å². The summed E-state index contributed by atoms with van der Waals surface area (Å²) >= 11 is 0. The van der Waals surface area contributed by atoms with Crippen molar-refractivity contribution in [3.8, 4) is 11.5 Å². The summed E-state index contributed by atoms with van der Waals surface area (Å²) in [4.78, 5) is 18.7. The van der Waals surface area contributed by atoms with Gasteiger partial charge in [0.25, 0.3) is 0 Å². The van der Waals surface area contributed by atoms with Gasteiger partial charge in [0.15, 0.2) is 11.5 Å². The molecule has 1 atom stereocenters. The number of ether oxygens (including phenoxy) is 2. The number of anilines is 1. The molecule has 1 unspecified atom stereocenters. The second-order valence-corrected chi connectivity index (χ2v) is 6.35. The molecule has 4 rings (SSSR count). The van der Waals surface area contributed by atoms with Gasteiger partial charge >= 0.3 is 6.29 Å². The maximum Gasteiger partial charge on any atom is 0.586 e. The minimum absolute atomic E-state index is 0.0358. The molecule has 9 heteroatoms. The van der Waals surface area contributed by atoms with Crippen molar-refractivity contribution in [1.29, 1.82) is 0 Å². The molecule has 0 spiro atoms. The molecule has 1 fully saturated rings. The standard InChI is InChI=1S/C18H18F2N4O3/c19-18(20)26-15-4-3-13(8-16(15)27-18)23-17(25)11-24-7-6-22-10-14(24)12-2-1-5-21-9-12/h1-5,8-9,14,22H,6-7,10-11H2,(H,23,25). The van der Waals surface area contributed by atoms with Gasteiger partial charge in [-0.25, -0.2) is 0 Å². The molecule has 1 saturated heterocycles. The van der Waals surface area contributed by atoms with Crippen LogP contribution in [0.5, 0.6) is 11.5 Å². The fourth-order valence-corrected chi connectivity index (χ4v) is 3.25. The second kappa shape index (κ2) is 7.09. The molecule has 27 heavy (non-hydrogen) atoms. The number of halogens is 2. The molecule has 0 saturated carbocycles. The molecule has 142 valence electrons. The predicted molar refractivity (Wildman–Crippen MR) is 92.7 cm³/mol. The number of hydrogen-bond acceptors (Lipinski definition) is 6. The SMILES string of the molecule is O=C(CN1CCNCC1c1cccnc1)Nc1ccc2c(c1)OC(F)(F)O2. The zero-order valence-corrected chi connectivity index (χ0v) is 14.3. The summed E-state index contributed by atoms with van der Waals surface area (Å²) in [7, 11) is 0. The Bertz CT molecular complexity index is 835. The van der Waals surface area contributed by atoms with Gasteiger partial charge in [-0.15, -0.1) is 8.78 Å². The first-order chi connectivity index (χ1) is 13.0. The van der Waals surface area contributed by atoms with Gasteiger partial charge in [0.1, 0.15) is 0 Å². The Hall–Kier alpha value is -2.78. The number of alkyl halides is 2. The van der Waals surface area contributed by atoms with Crippen molar-refractivity contribution in [3.05, 3.63) is 48.3 Å². The number of piperazine rings is 1. The smallest absolute Gasteiger partial charge is 0.395 e. The van der Waals surface area contributed by atoms with Gasteiger partial charge in [0.05, 0.1) is 6.54 Å². The molecule has 0 bridgehead atoms. The van der Waals surface area contributed by atoms with E-state index in [9.17, 15) is 13.6 Å². The Morgan fingerprint density at radius 1 is 1.33 bits per heavy atom. The molecule has 1 amide bonds. The molecule has 2 aliphatic heterocycles. The number of benzene rings is 1. The van der Waals surface area contributed by atoms with Gasteiger partial charge in [0.2, 0.25) is 5.91 Å². The third kappa shape index (κ3) is 3.99. The van der Waals surface area contributed by atoms with E-state index in [0.29, 0.717) is 12.2 Å². The molecule has 0 aliphatic carbocycles. The first kappa shape index (κ1) is 17.6. The molecule has 1 aromatic carbocycles. The summed E-state index contributed by atoms with van der Waals surface area (Å²) in [6.07, 6.45) is -0.177. The number of amides is 1. The van der Waals surface area contributed by atoms with Crippen molar-refractivity contribution < 1.29 is 23.0 Å². The van der Waals surface area contributed by atoms with E-state index in [0.717, 1.165) is 18.7 Å².